The Balaban J connectivity index is 1.57. The first-order valence-corrected chi connectivity index (χ1v) is 10.1. The monoisotopic (exact) mass is 432 g/mol. The van der Waals surface area contributed by atoms with E-state index in [9.17, 15) is 4.79 Å². The first kappa shape index (κ1) is 21.3. The second-order valence-corrected chi connectivity index (χ2v) is 7.22. The summed E-state index contributed by atoms with van der Waals surface area (Å²) in [7, 11) is 4.77. The minimum absolute atomic E-state index is 0.172. The molecule has 0 atom stereocenters. The van der Waals surface area contributed by atoms with Gasteiger partial charge >= 0.3 is 0 Å². The van der Waals surface area contributed by atoms with Gasteiger partial charge in [0.15, 0.2) is 17.3 Å². The number of allylic oxidation sites excluding steroid dienone is 1. The van der Waals surface area contributed by atoms with Crippen molar-refractivity contribution in [2.24, 2.45) is 0 Å². The number of methoxy groups -OCH3 is 3. The Hall–Kier alpha value is -3.93. The Kier molecular flexibility index (Phi) is 6.03. The van der Waals surface area contributed by atoms with E-state index < -0.39 is 0 Å². The second kappa shape index (κ2) is 9.06. The van der Waals surface area contributed by atoms with E-state index in [4.69, 9.17) is 23.7 Å². The highest BCUT2D eigenvalue weighted by molar-refractivity contribution is 6.15. The highest BCUT2D eigenvalue weighted by Gasteiger charge is 2.30. The van der Waals surface area contributed by atoms with Crippen molar-refractivity contribution >= 4 is 11.9 Å². The topological polar surface area (TPSA) is 63.2 Å². The Labute approximate surface area is 186 Å². The third-order valence-electron chi connectivity index (χ3n) is 5.32. The van der Waals surface area contributed by atoms with Crippen molar-refractivity contribution in [2.45, 2.75) is 13.5 Å². The molecule has 3 aromatic rings. The van der Waals surface area contributed by atoms with Gasteiger partial charge in [0.05, 0.1) is 26.9 Å². The van der Waals surface area contributed by atoms with Gasteiger partial charge in [0.25, 0.3) is 0 Å². The Morgan fingerprint density at radius 3 is 2.31 bits per heavy atom. The van der Waals surface area contributed by atoms with Gasteiger partial charge in [-0.1, -0.05) is 24.3 Å². The molecule has 6 nitrogen and oxygen atoms in total. The maximum atomic E-state index is 12.9. The van der Waals surface area contributed by atoms with E-state index in [0.29, 0.717) is 35.2 Å². The molecule has 0 spiro atoms. The van der Waals surface area contributed by atoms with Gasteiger partial charge in [-0.25, -0.2) is 0 Å². The van der Waals surface area contributed by atoms with E-state index >= 15 is 0 Å². The Morgan fingerprint density at radius 1 is 0.844 bits per heavy atom. The Bertz CT molecular complexity index is 1190. The highest BCUT2D eigenvalue weighted by Crippen LogP contribution is 2.40. The lowest BCUT2D eigenvalue weighted by Crippen LogP contribution is -2.00. The van der Waals surface area contributed by atoms with Gasteiger partial charge < -0.3 is 23.7 Å². The van der Waals surface area contributed by atoms with Crippen LogP contribution in [0.15, 0.2) is 60.4 Å². The fraction of sp³-hybridized carbons (Fsp3) is 0.192. The summed E-state index contributed by atoms with van der Waals surface area (Å²) in [5.41, 5.74) is 2.98. The van der Waals surface area contributed by atoms with Gasteiger partial charge in [-0.2, -0.15) is 0 Å². The van der Waals surface area contributed by atoms with Gasteiger partial charge in [-0.15, -0.1) is 0 Å². The summed E-state index contributed by atoms with van der Waals surface area (Å²) < 4.78 is 28.0. The number of Topliss-reactive ketones (excluding diaryl/α,β-unsaturated/α-hetero) is 1. The average Bonchev–Trinajstić information content (AvgIpc) is 3.14. The molecular formula is C26H24O6. The number of ether oxygens (including phenoxy) is 5. The predicted octanol–water partition coefficient (Wildman–Crippen LogP) is 5.22. The number of rotatable bonds is 7. The third kappa shape index (κ3) is 3.99. The molecule has 0 aliphatic carbocycles. The van der Waals surface area contributed by atoms with Crippen LogP contribution in [0, 0.1) is 6.92 Å². The lowest BCUT2D eigenvalue weighted by molar-refractivity contribution is 0.101. The van der Waals surface area contributed by atoms with Gasteiger partial charge in [0.2, 0.25) is 5.78 Å². The normalized spacial score (nSPS) is 13.5. The SMILES string of the molecule is COc1ccccc1COc1ccc2c(c1C)O/C(=C\c1ccc(OC)c(OC)c1)C2=O. The molecule has 0 amide bonds. The number of hydrogen-bond donors (Lipinski definition) is 0. The summed E-state index contributed by atoms with van der Waals surface area (Å²) in [5.74, 6) is 3.19. The highest BCUT2D eigenvalue weighted by atomic mass is 16.5. The van der Waals surface area contributed by atoms with Crippen LogP contribution in [0.1, 0.15) is 27.0 Å². The van der Waals surface area contributed by atoms with Crippen LogP contribution in [0.4, 0.5) is 0 Å². The number of fused-ring (bicyclic) bond motifs is 1. The van der Waals surface area contributed by atoms with E-state index in [-0.39, 0.29) is 11.5 Å². The van der Waals surface area contributed by atoms with Crippen LogP contribution in [0.2, 0.25) is 0 Å². The summed E-state index contributed by atoms with van der Waals surface area (Å²) in [6, 6.07) is 16.6. The molecule has 164 valence electrons. The Morgan fingerprint density at radius 2 is 1.56 bits per heavy atom. The maximum Gasteiger partial charge on any atom is 0.231 e. The molecule has 1 aliphatic heterocycles. The number of carbonyl (C=O) groups excluding carboxylic acids is 1. The quantitative estimate of drug-likeness (QED) is 0.477. The standard InChI is InChI=1S/C26H24O6/c1-16-20(31-15-18-7-5-6-8-21(18)28-2)12-10-19-25(27)24(32-26(16)19)14-17-9-11-22(29-3)23(13-17)30-4/h5-14H,15H2,1-4H3/b24-14-. The summed E-state index contributed by atoms with van der Waals surface area (Å²) in [6.45, 7) is 2.22. The molecule has 0 aromatic heterocycles. The van der Waals surface area contributed by atoms with E-state index in [2.05, 4.69) is 0 Å². The lowest BCUT2D eigenvalue weighted by Gasteiger charge is -2.13. The molecular weight excluding hydrogens is 408 g/mol. The van der Waals surface area contributed by atoms with Gasteiger partial charge in [0.1, 0.15) is 23.9 Å². The molecule has 6 heteroatoms. The number of carbonyl (C=O) groups is 1. The predicted molar refractivity (Wildman–Crippen MR) is 121 cm³/mol. The summed E-state index contributed by atoms with van der Waals surface area (Å²) >= 11 is 0. The first-order chi connectivity index (χ1) is 15.5. The van der Waals surface area contributed by atoms with Crippen molar-refractivity contribution in [3.63, 3.8) is 0 Å². The zero-order valence-electron chi connectivity index (χ0n) is 18.4. The van der Waals surface area contributed by atoms with Crippen LogP contribution in [-0.4, -0.2) is 27.1 Å². The minimum Gasteiger partial charge on any atom is -0.496 e. The number of hydrogen-bond acceptors (Lipinski definition) is 6. The molecule has 0 unspecified atom stereocenters. The fourth-order valence-corrected chi connectivity index (χ4v) is 3.60. The van der Waals surface area contributed by atoms with Crippen molar-refractivity contribution in [2.75, 3.05) is 21.3 Å². The van der Waals surface area contributed by atoms with Crippen molar-refractivity contribution < 1.29 is 28.5 Å². The van der Waals surface area contributed by atoms with Crippen molar-refractivity contribution in [1.82, 2.24) is 0 Å². The van der Waals surface area contributed by atoms with Gasteiger partial charge in [0, 0.05) is 11.1 Å². The smallest absolute Gasteiger partial charge is 0.231 e. The van der Waals surface area contributed by atoms with Crippen molar-refractivity contribution in [1.29, 1.82) is 0 Å². The maximum absolute atomic E-state index is 12.9. The molecule has 0 bridgehead atoms. The molecule has 0 radical (unpaired) electrons. The molecule has 1 aliphatic rings. The van der Waals surface area contributed by atoms with Crippen LogP contribution in [-0.2, 0) is 6.61 Å². The number of para-hydroxylation sites is 1. The van der Waals surface area contributed by atoms with E-state index in [1.54, 1.807) is 51.7 Å². The summed E-state index contributed by atoms with van der Waals surface area (Å²) in [4.78, 5) is 12.9. The fourth-order valence-electron chi connectivity index (χ4n) is 3.60. The van der Waals surface area contributed by atoms with Crippen LogP contribution in [0.3, 0.4) is 0 Å². The lowest BCUT2D eigenvalue weighted by atomic mass is 10.1. The van der Waals surface area contributed by atoms with Crippen LogP contribution in [0.25, 0.3) is 6.08 Å². The number of benzene rings is 3. The van der Waals surface area contributed by atoms with Crippen molar-refractivity contribution in [3.8, 4) is 28.7 Å². The molecule has 4 rings (SSSR count). The van der Waals surface area contributed by atoms with Gasteiger partial charge in [-0.05, 0) is 48.9 Å². The molecule has 1 heterocycles. The summed E-state index contributed by atoms with van der Waals surface area (Å²) in [5, 5.41) is 0. The van der Waals surface area contributed by atoms with Crippen molar-refractivity contribution in [3.05, 3.63) is 82.6 Å². The molecule has 3 aromatic carbocycles. The zero-order chi connectivity index (χ0) is 22.7. The first-order valence-electron chi connectivity index (χ1n) is 10.1. The van der Waals surface area contributed by atoms with Gasteiger partial charge in [-0.3, -0.25) is 4.79 Å². The third-order valence-corrected chi connectivity index (χ3v) is 5.32. The van der Waals surface area contributed by atoms with E-state index in [1.165, 1.54) is 0 Å². The molecule has 0 saturated carbocycles. The molecule has 0 saturated heterocycles. The second-order valence-electron chi connectivity index (χ2n) is 7.22. The number of ketones is 1. The zero-order valence-corrected chi connectivity index (χ0v) is 18.4. The van der Waals surface area contributed by atoms with E-state index in [1.807, 2.05) is 37.3 Å². The molecule has 0 fully saturated rings. The largest absolute Gasteiger partial charge is 0.496 e. The molecule has 0 N–H and O–H groups in total. The van der Waals surface area contributed by atoms with Crippen LogP contribution >= 0.6 is 0 Å². The van der Waals surface area contributed by atoms with Crippen LogP contribution < -0.4 is 23.7 Å². The minimum atomic E-state index is -0.172. The summed E-state index contributed by atoms with van der Waals surface area (Å²) in [6.07, 6.45) is 1.69. The van der Waals surface area contributed by atoms with E-state index in [0.717, 1.165) is 22.4 Å². The van der Waals surface area contributed by atoms with Crippen LogP contribution in [0.5, 0.6) is 28.7 Å². The molecule has 32 heavy (non-hydrogen) atoms. The average molecular weight is 432 g/mol.